The third-order valence-corrected chi connectivity index (χ3v) is 5.38. The van der Waals surface area contributed by atoms with Crippen molar-refractivity contribution in [2.45, 2.75) is 38.8 Å². The molecule has 150 valence electrons. The first-order valence-electron chi connectivity index (χ1n) is 9.88. The van der Waals surface area contributed by atoms with Crippen molar-refractivity contribution in [1.29, 1.82) is 0 Å². The molecule has 2 aromatic heterocycles. The van der Waals surface area contributed by atoms with E-state index in [0.29, 0.717) is 19.6 Å². The largest absolute Gasteiger partial charge is 0.467 e. The number of hydrogen-bond donors (Lipinski definition) is 0. The maximum Gasteiger partial charge on any atom is 0.242 e. The number of amides is 2. The molecule has 0 saturated heterocycles. The Morgan fingerprint density at radius 2 is 2.00 bits per heavy atom. The predicted molar refractivity (Wildman–Crippen MR) is 107 cm³/mol. The third kappa shape index (κ3) is 4.94. The SMILES string of the molecule is C=CCN(CC(=O)N(Cc1ccco1)Cc1cccn1C)C(=O)C1CCCC1. The maximum absolute atomic E-state index is 13.2. The Hall–Kier alpha value is -2.76. The van der Waals surface area contributed by atoms with Crippen molar-refractivity contribution in [1.82, 2.24) is 14.4 Å². The first-order valence-corrected chi connectivity index (χ1v) is 9.88. The van der Waals surface area contributed by atoms with Gasteiger partial charge in [0.1, 0.15) is 12.3 Å². The number of carbonyl (C=O) groups is 2. The Morgan fingerprint density at radius 1 is 1.21 bits per heavy atom. The molecule has 0 radical (unpaired) electrons. The first-order chi connectivity index (χ1) is 13.6. The van der Waals surface area contributed by atoms with Crippen molar-refractivity contribution in [3.05, 3.63) is 60.8 Å². The average Bonchev–Trinajstić information content (AvgIpc) is 3.44. The minimum Gasteiger partial charge on any atom is -0.467 e. The van der Waals surface area contributed by atoms with Gasteiger partial charge in [-0.15, -0.1) is 6.58 Å². The molecule has 6 heteroatoms. The Balaban J connectivity index is 1.73. The lowest BCUT2D eigenvalue weighted by atomic mass is 10.1. The normalized spacial score (nSPS) is 14.2. The van der Waals surface area contributed by atoms with Crippen LogP contribution in [0, 0.1) is 5.92 Å². The quantitative estimate of drug-likeness (QED) is 0.624. The van der Waals surface area contributed by atoms with Crippen molar-refractivity contribution < 1.29 is 14.0 Å². The zero-order valence-corrected chi connectivity index (χ0v) is 16.5. The summed E-state index contributed by atoms with van der Waals surface area (Å²) in [5, 5.41) is 0. The van der Waals surface area contributed by atoms with E-state index in [0.717, 1.165) is 37.1 Å². The summed E-state index contributed by atoms with van der Waals surface area (Å²) in [6.45, 7) is 5.04. The highest BCUT2D eigenvalue weighted by Crippen LogP contribution is 2.26. The molecule has 3 rings (SSSR count). The lowest BCUT2D eigenvalue weighted by Crippen LogP contribution is -2.44. The van der Waals surface area contributed by atoms with Crippen LogP contribution >= 0.6 is 0 Å². The summed E-state index contributed by atoms with van der Waals surface area (Å²) >= 11 is 0. The Morgan fingerprint density at radius 3 is 2.61 bits per heavy atom. The van der Waals surface area contributed by atoms with Crippen LogP contribution in [-0.4, -0.2) is 39.3 Å². The fourth-order valence-corrected chi connectivity index (χ4v) is 3.76. The van der Waals surface area contributed by atoms with Gasteiger partial charge < -0.3 is 18.8 Å². The van der Waals surface area contributed by atoms with Crippen LogP contribution in [0.15, 0.2) is 53.8 Å². The molecule has 1 aliphatic carbocycles. The van der Waals surface area contributed by atoms with Crippen LogP contribution < -0.4 is 0 Å². The van der Waals surface area contributed by atoms with Crippen LogP contribution in [0.3, 0.4) is 0 Å². The van der Waals surface area contributed by atoms with Crippen LogP contribution in [-0.2, 0) is 29.7 Å². The minimum absolute atomic E-state index is 0.0409. The summed E-state index contributed by atoms with van der Waals surface area (Å²) < 4.78 is 7.44. The molecule has 0 aliphatic heterocycles. The molecule has 0 aromatic carbocycles. The highest BCUT2D eigenvalue weighted by atomic mass is 16.3. The fourth-order valence-electron chi connectivity index (χ4n) is 3.76. The smallest absolute Gasteiger partial charge is 0.242 e. The summed E-state index contributed by atoms with van der Waals surface area (Å²) in [5.74, 6) is 0.743. The van der Waals surface area contributed by atoms with Crippen molar-refractivity contribution in [2.75, 3.05) is 13.1 Å². The van der Waals surface area contributed by atoms with E-state index in [-0.39, 0.29) is 24.3 Å². The standard InChI is InChI=1S/C22H29N3O3/c1-3-12-24(22(27)18-8-4-5-9-18)17-21(26)25(16-20-11-7-14-28-20)15-19-10-6-13-23(19)2/h3,6-7,10-11,13-14,18H,1,4-5,8-9,12,15-17H2,2H3. The Kier molecular flexibility index (Phi) is 6.74. The van der Waals surface area contributed by atoms with Gasteiger partial charge in [-0.2, -0.15) is 0 Å². The minimum atomic E-state index is -0.0919. The molecule has 1 aliphatic rings. The summed E-state index contributed by atoms with van der Waals surface area (Å²) in [7, 11) is 1.96. The molecule has 1 saturated carbocycles. The second kappa shape index (κ2) is 9.44. The summed E-state index contributed by atoms with van der Waals surface area (Å²) in [4.78, 5) is 29.4. The van der Waals surface area contributed by atoms with Gasteiger partial charge in [0.15, 0.2) is 0 Å². The molecule has 0 bridgehead atoms. The van der Waals surface area contributed by atoms with Gasteiger partial charge in [0.2, 0.25) is 11.8 Å². The summed E-state index contributed by atoms with van der Waals surface area (Å²) in [6, 6.07) is 7.62. The number of nitrogens with zero attached hydrogens (tertiary/aromatic N) is 3. The average molecular weight is 383 g/mol. The van der Waals surface area contributed by atoms with Gasteiger partial charge in [-0.05, 0) is 37.1 Å². The lowest BCUT2D eigenvalue weighted by molar-refractivity contribution is -0.143. The van der Waals surface area contributed by atoms with E-state index in [4.69, 9.17) is 4.42 Å². The number of furan rings is 1. The number of aromatic nitrogens is 1. The van der Waals surface area contributed by atoms with Crippen molar-refractivity contribution in [3.63, 3.8) is 0 Å². The van der Waals surface area contributed by atoms with Crippen LogP contribution in [0.25, 0.3) is 0 Å². The second-order valence-electron chi connectivity index (χ2n) is 7.43. The number of rotatable bonds is 9. The predicted octanol–water partition coefficient (Wildman–Crippen LogP) is 3.35. The van der Waals surface area contributed by atoms with Crippen molar-refractivity contribution in [2.24, 2.45) is 13.0 Å². The molecule has 0 N–H and O–H groups in total. The van der Waals surface area contributed by atoms with E-state index < -0.39 is 0 Å². The van der Waals surface area contributed by atoms with Crippen LogP contribution in [0.1, 0.15) is 37.1 Å². The molecule has 28 heavy (non-hydrogen) atoms. The molecule has 6 nitrogen and oxygen atoms in total. The lowest BCUT2D eigenvalue weighted by Gasteiger charge is -2.28. The zero-order chi connectivity index (χ0) is 19.9. The topological polar surface area (TPSA) is 58.7 Å². The van der Waals surface area contributed by atoms with Crippen LogP contribution in [0.4, 0.5) is 0 Å². The van der Waals surface area contributed by atoms with E-state index in [1.165, 1.54) is 0 Å². The number of hydrogen-bond acceptors (Lipinski definition) is 3. The monoisotopic (exact) mass is 383 g/mol. The van der Waals surface area contributed by atoms with Crippen molar-refractivity contribution >= 4 is 11.8 Å². The van der Waals surface area contributed by atoms with Crippen LogP contribution in [0.2, 0.25) is 0 Å². The zero-order valence-electron chi connectivity index (χ0n) is 16.5. The van der Waals surface area contributed by atoms with E-state index in [9.17, 15) is 9.59 Å². The van der Waals surface area contributed by atoms with E-state index >= 15 is 0 Å². The van der Waals surface area contributed by atoms with E-state index in [1.54, 1.807) is 22.1 Å². The van der Waals surface area contributed by atoms with Gasteiger partial charge in [-0.25, -0.2) is 0 Å². The highest BCUT2D eigenvalue weighted by Gasteiger charge is 2.29. The van der Waals surface area contributed by atoms with Crippen LogP contribution in [0.5, 0.6) is 0 Å². The molecule has 0 spiro atoms. The van der Waals surface area contributed by atoms with Gasteiger partial charge in [-0.3, -0.25) is 9.59 Å². The van der Waals surface area contributed by atoms with Gasteiger partial charge in [-0.1, -0.05) is 18.9 Å². The fraction of sp³-hybridized carbons (Fsp3) is 0.455. The molecular weight excluding hydrogens is 354 g/mol. The number of aryl methyl sites for hydroxylation is 1. The molecule has 2 aromatic rings. The molecule has 0 unspecified atom stereocenters. The molecule has 2 amide bonds. The molecular formula is C22H29N3O3. The maximum atomic E-state index is 13.2. The third-order valence-electron chi connectivity index (χ3n) is 5.38. The van der Waals surface area contributed by atoms with Gasteiger partial charge in [0.25, 0.3) is 0 Å². The summed E-state index contributed by atoms with van der Waals surface area (Å²) in [5.41, 5.74) is 1.03. The van der Waals surface area contributed by atoms with Crippen molar-refractivity contribution in [3.8, 4) is 0 Å². The van der Waals surface area contributed by atoms with E-state index in [2.05, 4.69) is 6.58 Å². The van der Waals surface area contributed by atoms with Gasteiger partial charge >= 0.3 is 0 Å². The first kappa shape index (κ1) is 20.0. The number of carbonyl (C=O) groups excluding carboxylic acids is 2. The van der Waals surface area contributed by atoms with E-state index in [1.807, 2.05) is 42.1 Å². The van der Waals surface area contributed by atoms with Gasteiger partial charge in [0.05, 0.1) is 19.4 Å². The second-order valence-corrected chi connectivity index (χ2v) is 7.43. The van der Waals surface area contributed by atoms with Gasteiger partial charge in [0, 0.05) is 31.4 Å². The Labute approximate surface area is 166 Å². The molecule has 0 atom stereocenters. The summed E-state index contributed by atoms with van der Waals surface area (Å²) in [6.07, 6.45) is 9.26. The highest BCUT2D eigenvalue weighted by molar-refractivity contribution is 5.86. The molecule has 2 heterocycles. The molecule has 1 fully saturated rings. The Bertz CT molecular complexity index is 788.